The van der Waals surface area contributed by atoms with Crippen molar-refractivity contribution in [2.45, 2.75) is 64.7 Å². The van der Waals surface area contributed by atoms with Crippen molar-refractivity contribution in [1.82, 2.24) is 0 Å². The number of rotatable bonds is 5. The van der Waals surface area contributed by atoms with Gasteiger partial charge in [-0.25, -0.2) is 4.79 Å². The lowest BCUT2D eigenvalue weighted by Gasteiger charge is -2.15. The lowest BCUT2D eigenvalue weighted by molar-refractivity contribution is -0.192. The van der Waals surface area contributed by atoms with Gasteiger partial charge in [-0.1, -0.05) is 32.6 Å². The molecule has 0 atom stereocenters. The van der Waals surface area contributed by atoms with Crippen LogP contribution in [0, 0.1) is 0 Å². The number of carboxylic acids is 1. The predicted molar refractivity (Wildman–Crippen MR) is 58.7 cm³/mol. The maximum atomic E-state index is 10.6. The normalized spacial score (nSPS) is 11.7. The van der Waals surface area contributed by atoms with E-state index in [-0.39, 0.29) is 0 Å². The van der Waals surface area contributed by atoms with Gasteiger partial charge in [0, 0.05) is 0 Å². The van der Waals surface area contributed by atoms with Crippen LogP contribution in [0.3, 0.4) is 0 Å². The van der Waals surface area contributed by atoms with Crippen molar-refractivity contribution < 1.29 is 28.2 Å². The highest BCUT2D eigenvalue weighted by molar-refractivity contribution is 5.73. The van der Waals surface area contributed by atoms with Crippen LogP contribution in [0.15, 0.2) is 0 Å². The molecule has 0 aliphatic heterocycles. The van der Waals surface area contributed by atoms with Crippen LogP contribution in [-0.4, -0.2) is 28.0 Å². The Kier molecular flexibility index (Phi) is 9.11. The second kappa shape index (κ2) is 8.33. The van der Waals surface area contributed by atoms with Crippen LogP contribution in [0.2, 0.25) is 0 Å². The summed E-state index contributed by atoms with van der Waals surface area (Å²) in [7, 11) is 0. The van der Waals surface area contributed by atoms with Crippen LogP contribution in [0.1, 0.15) is 52.9 Å². The molecule has 0 fully saturated rings. The van der Waals surface area contributed by atoms with Gasteiger partial charge >= 0.3 is 12.1 Å². The Bertz CT molecular complexity index is 207. The van der Waals surface area contributed by atoms with Crippen molar-refractivity contribution >= 4 is 5.97 Å². The first kappa shape index (κ1) is 18.6. The highest BCUT2D eigenvalue weighted by Gasteiger charge is 2.38. The van der Waals surface area contributed by atoms with Crippen LogP contribution in [-0.2, 0) is 4.79 Å². The van der Waals surface area contributed by atoms with E-state index >= 15 is 0 Å². The first-order valence-corrected chi connectivity index (χ1v) is 5.53. The van der Waals surface area contributed by atoms with Crippen LogP contribution >= 0.6 is 0 Å². The molecule has 0 saturated heterocycles. The van der Waals surface area contributed by atoms with Gasteiger partial charge in [-0.15, -0.1) is 0 Å². The molecule has 0 rings (SSSR count). The van der Waals surface area contributed by atoms with Gasteiger partial charge in [-0.05, 0) is 20.3 Å². The van der Waals surface area contributed by atoms with Crippen LogP contribution < -0.4 is 0 Å². The minimum absolute atomic E-state index is 0.451. The number of carboxylic acid groups (broad SMARTS) is 1. The second-order valence-corrected chi connectivity index (χ2v) is 4.43. The fraction of sp³-hybridized carbons (Fsp3) is 0.909. The number of aliphatic hydroxyl groups is 1. The Morgan fingerprint density at radius 3 is 1.76 bits per heavy atom. The molecule has 0 radical (unpaired) electrons. The van der Waals surface area contributed by atoms with Gasteiger partial charge in [0.05, 0.1) is 5.60 Å². The van der Waals surface area contributed by atoms with Gasteiger partial charge in [0.1, 0.15) is 0 Å². The molecule has 3 nitrogen and oxygen atoms in total. The molecule has 0 aromatic carbocycles. The summed E-state index contributed by atoms with van der Waals surface area (Å²) < 4.78 is 31.7. The minimum Gasteiger partial charge on any atom is -0.475 e. The third kappa shape index (κ3) is 17.8. The van der Waals surface area contributed by atoms with E-state index < -0.39 is 17.7 Å². The topological polar surface area (TPSA) is 57.5 Å². The second-order valence-electron chi connectivity index (χ2n) is 4.43. The van der Waals surface area contributed by atoms with E-state index in [0.717, 1.165) is 12.8 Å². The summed E-state index contributed by atoms with van der Waals surface area (Å²) in [4.78, 5) is 8.90. The van der Waals surface area contributed by atoms with Crippen molar-refractivity contribution in [3.63, 3.8) is 0 Å². The number of hydrogen-bond donors (Lipinski definition) is 2. The van der Waals surface area contributed by atoms with Crippen molar-refractivity contribution in [2.75, 3.05) is 0 Å². The monoisotopic (exact) mass is 258 g/mol. The van der Waals surface area contributed by atoms with E-state index in [4.69, 9.17) is 9.90 Å². The number of carbonyl (C=O) groups is 1. The maximum absolute atomic E-state index is 10.6. The fourth-order valence-corrected chi connectivity index (χ4v) is 0.984. The Morgan fingerprint density at radius 1 is 1.12 bits per heavy atom. The van der Waals surface area contributed by atoms with E-state index in [1.54, 1.807) is 0 Å². The SMILES string of the molecule is CCCCCCC(C)(C)O.O=C(O)C(F)(F)F. The molecular formula is C11H21F3O3. The molecule has 6 heteroatoms. The number of hydrogen-bond acceptors (Lipinski definition) is 2. The van der Waals surface area contributed by atoms with E-state index in [9.17, 15) is 18.3 Å². The third-order valence-electron chi connectivity index (χ3n) is 1.88. The van der Waals surface area contributed by atoms with Crippen LogP contribution in [0.4, 0.5) is 13.2 Å². The standard InChI is InChI=1S/C9H20O.C2HF3O2/c1-4-5-6-7-8-9(2,3)10;3-2(4,5)1(6)7/h10H,4-8H2,1-3H3;(H,6,7). The fourth-order valence-electron chi connectivity index (χ4n) is 0.984. The Labute approximate surface area is 99.6 Å². The van der Waals surface area contributed by atoms with E-state index in [2.05, 4.69) is 6.92 Å². The molecule has 0 spiro atoms. The summed E-state index contributed by atoms with van der Waals surface area (Å²) >= 11 is 0. The molecule has 0 aromatic rings. The third-order valence-corrected chi connectivity index (χ3v) is 1.88. The van der Waals surface area contributed by atoms with E-state index in [0.29, 0.717) is 0 Å². The molecule has 0 aromatic heterocycles. The molecule has 0 heterocycles. The summed E-state index contributed by atoms with van der Waals surface area (Å²) in [5, 5.41) is 16.4. The molecule has 104 valence electrons. The van der Waals surface area contributed by atoms with Crippen LogP contribution in [0.25, 0.3) is 0 Å². The van der Waals surface area contributed by atoms with Gasteiger partial charge in [0.2, 0.25) is 0 Å². The largest absolute Gasteiger partial charge is 0.490 e. The highest BCUT2D eigenvalue weighted by atomic mass is 19.4. The lowest BCUT2D eigenvalue weighted by atomic mass is 10.0. The van der Waals surface area contributed by atoms with Crippen molar-refractivity contribution in [3.05, 3.63) is 0 Å². The Hall–Kier alpha value is -0.780. The van der Waals surface area contributed by atoms with Crippen molar-refractivity contribution in [1.29, 1.82) is 0 Å². The van der Waals surface area contributed by atoms with Gasteiger partial charge in [-0.2, -0.15) is 13.2 Å². The Balaban J connectivity index is 0. The average molecular weight is 258 g/mol. The summed E-state index contributed by atoms with van der Waals surface area (Å²) in [5.74, 6) is -2.76. The zero-order valence-corrected chi connectivity index (χ0v) is 10.5. The molecule has 0 amide bonds. The minimum atomic E-state index is -5.08. The number of halogens is 3. The molecule has 0 unspecified atom stereocenters. The molecular weight excluding hydrogens is 237 g/mol. The Morgan fingerprint density at radius 2 is 1.53 bits per heavy atom. The first-order valence-electron chi connectivity index (χ1n) is 5.53. The summed E-state index contributed by atoms with van der Waals surface area (Å²) in [6, 6.07) is 0. The molecule has 0 aliphatic rings. The number of unbranched alkanes of at least 4 members (excludes halogenated alkanes) is 3. The zero-order valence-electron chi connectivity index (χ0n) is 10.5. The van der Waals surface area contributed by atoms with E-state index in [1.807, 2.05) is 13.8 Å². The average Bonchev–Trinajstić information content (AvgIpc) is 2.10. The quantitative estimate of drug-likeness (QED) is 0.743. The molecule has 17 heavy (non-hydrogen) atoms. The zero-order chi connectivity index (χ0) is 14.1. The predicted octanol–water partition coefficient (Wildman–Crippen LogP) is 3.36. The van der Waals surface area contributed by atoms with Gasteiger partial charge in [0.25, 0.3) is 0 Å². The number of aliphatic carboxylic acids is 1. The lowest BCUT2D eigenvalue weighted by Crippen LogP contribution is -2.21. The van der Waals surface area contributed by atoms with Gasteiger partial charge in [-0.3, -0.25) is 0 Å². The van der Waals surface area contributed by atoms with Gasteiger partial charge in [0.15, 0.2) is 0 Å². The maximum Gasteiger partial charge on any atom is 0.490 e. The van der Waals surface area contributed by atoms with E-state index in [1.165, 1.54) is 19.3 Å². The first-order chi connectivity index (χ1) is 7.50. The highest BCUT2D eigenvalue weighted by Crippen LogP contribution is 2.13. The summed E-state index contributed by atoms with van der Waals surface area (Å²) in [6.07, 6.45) is 0.854. The summed E-state index contributed by atoms with van der Waals surface area (Å²) in [6.45, 7) is 5.95. The number of alkyl halides is 3. The molecule has 0 bridgehead atoms. The van der Waals surface area contributed by atoms with Crippen LogP contribution in [0.5, 0.6) is 0 Å². The molecule has 0 aliphatic carbocycles. The summed E-state index contributed by atoms with van der Waals surface area (Å²) in [5.41, 5.74) is -0.451. The van der Waals surface area contributed by atoms with Crippen molar-refractivity contribution in [2.24, 2.45) is 0 Å². The smallest absolute Gasteiger partial charge is 0.475 e. The van der Waals surface area contributed by atoms with Crippen molar-refractivity contribution in [3.8, 4) is 0 Å². The molecule has 2 N–H and O–H groups in total. The molecule has 0 saturated carbocycles. The van der Waals surface area contributed by atoms with Gasteiger partial charge < -0.3 is 10.2 Å².